The van der Waals surface area contributed by atoms with Crippen molar-refractivity contribution in [3.8, 4) is 0 Å². The largest absolute Gasteiger partial charge is 0.484 e. The fourth-order valence-electron chi connectivity index (χ4n) is 1.16. The van der Waals surface area contributed by atoms with Crippen molar-refractivity contribution in [2.24, 2.45) is 4.99 Å². The molecule has 0 atom stereocenters. The summed E-state index contributed by atoms with van der Waals surface area (Å²) < 4.78 is 4.99. The van der Waals surface area contributed by atoms with Gasteiger partial charge in [0.05, 0.1) is 19.2 Å². The third-order valence-electron chi connectivity index (χ3n) is 1.91. The first-order valence-corrected chi connectivity index (χ1v) is 4.80. The minimum absolute atomic E-state index is 0.00497. The van der Waals surface area contributed by atoms with Crippen molar-refractivity contribution in [3.63, 3.8) is 0 Å². The van der Waals surface area contributed by atoms with E-state index in [4.69, 9.17) is 15.6 Å². The van der Waals surface area contributed by atoms with Gasteiger partial charge in [0.25, 0.3) is 0 Å². The Kier molecular flexibility index (Phi) is 4.32. The Morgan fingerprint density at radius 1 is 1.50 bits per heavy atom. The quantitative estimate of drug-likeness (QED) is 0.462. The molecular weight excluding hydrogens is 208 g/mol. The Morgan fingerprint density at radius 2 is 2.25 bits per heavy atom. The highest BCUT2D eigenvalue weighted by molar-refractivity contribution is 5.83. The molecule has 0 radical (unpaired) electrons. The van der Waals surface area contributed by atoms with Gasteiger partial charge in [-0.05, 0) is 18.2 Å². The van der Waals surface area contributed by atoms with E-state index in [1.807, 2.05) is 0 Å². The normalized spacial score (nSPS) is 11.2. The molecule has 0 aliphatic carbocycles. The number of nitrogen functional groups attached to an aromatic ring is 1. The van der Waals surface area contributed by atoms with E-state index in [0.717, 1.165) is 0 Å². The van der Waals surface area contributed by atoms with Crippen LogP contribution in [-0.2, 0) is 9.53 Å². The molecule has 0 spiro atoms. The number of nitrogens with zero attached hydrogens (tertiary/aromatic N) is 1. The van der Waals surface area contributed by atoms with Crippen LogP contribution < -0.4 is 5.73 Å². The van der Waals surface area contributed by atoms with Crippen molar-refractivity contribution < 1.29 is 14.6 Å². The van der Waals surface area contributed by atoms with E-state index in [-0.39, 0.29) is 12.8 Å². The van der Waals surface area contributed by atoms with Crippen LogP contribution in [0.1, 0.15) is 12.8 Å². The maximum atomic E-state index is 10.4. The Morgan fingerprint density at radius 3 is 2.81 bits per heavy atom. The molecule has 16 heavy (non-hydrogen) atoms. The van der Waals surface area contributed by atoms with Gasteiger partial charge in [0.15, 0.2) is 5.90 Å². The number of rotatable bonds is 4. The summed E-state index contributed by atoms with van der Waals surface area (Å²) in [6.45, 7) is 0. The summed E-state index contributed by atoms with van der Waals surface area (Å²) in [4.78, 5) is 14.6. The molecule has 5 nitrogen and oxygen atoms in total. The maximum Gasteiger partial charge on any atom is 0.303 e. The molecule has 0 bridgehead atoms. The van der Waals surface area contributed by atoms with Crippen LogP contribution in [0.15, 0.2) is 29.3 Å². The van der Waals surface area contributed by atoms with Gasteiger partial charge in [-0.1, -0.05) is 6.07 Å². The number of carboxylic acids is 1. The average Bonchev–Trinajstić information content (AvgIpc) is 2.24. The van der Waals surface area contributed by atoms with E-state index >= 15 is 0 Å². The molecule has 0 heterocycles. The van der Waals surface area contributed by atoms with E-state index in [9.17, 15) is 4.79 Å². The number of aliphatic imine (C=N–C) groups is 1. The lowest BCUT2D eigenvalue weighted by Crippen LogP contribution is -2.05. The average molecular weight is 222 g/mol. The molecule has 0 aliphatic rings. The smallest absolute Gasteiger partial charge is 0.303 e. The van der Waals surface area contributed by atoms with Gasteiger partial charge in [0.2, 0.25) is 0 Å². The van der Waals surface area contributed by atoms with Gasteiger partial charge in [-0.25, -0.2) is 4.99 Å². The van der Waals surface area contributed by atoms with Crippen LogP contribution >= 0.6 is 0 Å². The second-order valence-corrected chi connectivity index (χ2v) is 3.20. The fraction of sp³-hybridized carbons (Fsp3) is 0.273. The molecule has 0 fully saturated rings. The van der Waals surface area contributed by atoms with Crippen LogP contribution in [0.25, 0.3) is 0 Å². The number of benzene rings is 1. The van der Waals surface area contributed by atoms with Crippen LogP contribution in [0.3, 0.4) is 0 Å². The number of nitrogens with two attached hydrogens (primary N) is 1. The molecule has 0 unspecified atom stereocenters. The number of hydrogen-bond acceptors (Lipinski definition) is 4. The molecule has 1 aromatic rings. The highest BCUT2D eigenvalue weighted by Crippen LogP contribution is 2.16. The lowest BCUT2D eigenvalue weighted by molar-refractivity contribution is -0.136. The van der Waals surface area contributed by atoms with Crippen molar-refractivity contribution in [1.29, 1.82) is 0 Å². The Balaban J connectivity index is 2.75. The number of anilines is 1. The number of ether oxygens (including phenoxy) is 1. The van der Waals surface area contributed by atoms with E-state index < -0.39 is 5.97 Å². The van der Waals surface area contributed by atoms with Crippen LogP contribution in [0, 0.1) is 0 Å². The number of hydrogen-bond donors (Lipinski definition) is 2. The maximum absolute atomic E-state index is 10.4. The Bertz CT molecular complexity index is 402. The van der Waals surface area contributed by atoms with Gasteiger partial charge in [0.1, 0.15) is 0 Å². The summed E-state index contributed by atoms with van der Waals surface area (Å²) in [5, 5.41) is 8.54. The number of carboxylic acid groups (broad SMARTS) is 1. The van der Waals surface area contributed by atoms with Gasteiger partial charge < -0.3 is 15.6 Å². The first-order chi connectivity index (χ1) is 7.61. The zero-order chi connectivity index (χ0) is 12.0. The van der Waals surface area contributed by atoms with Crippen molar-refractivity contribution in [2.75, 3.05) is 12.8 Å². The van der Waals surface area contributed by atoms with Crippen LogP contribution in [0.2, 0.25) is 0 Å². The summed E-state index contributed by atoms with van der Waals surface area (Å²) >= 11 is 0. The molecule has 5 heteroatoms. The van der Waals surface area contributed by atoms with Gasteiger partial charge in [-0.3, -0.25) is 4.79 Å². The lowest BCUT2D eigenvalue weighted by atomic mass is 10.3. The Hall–Kier alpha value is -2.04. The van der Waals surface area contributed by atoms with Gasteiger partial charge in [-0.15, -0.1) is 0 Å². The zero-order valence-electron chi connectivity index (χ0n) is 9.01. The highest BCUT2D eigenvalue weighted by Gasteiger charge is 2.03. The zero-order valence-corrected chi connectivity index (χ0v) is 9.01. The molecule has 1 rings (SSSR count). The first-order valence-electron chi connectivity index (χ1n) is 4.80. The molecule has 0 saturated carbocycles. The first kappa shape index (κ1) is 12.0. The van der Waals surface area contributed by atoms with Crippen molar-refractivity contribution >= 4 is 23.2 Å². The lowest BCUT2D eigenvalue weighted by Gasteiger charge is -2.03. The molecule has 0 aliphatic heterocycles. The molecule has 1 aromatic carbocycles. The van der Waals surface area contributed by atoms with Crippen molar-refractivity contribution in [3.05, 3.63) is 24.3 Å². The number of carbonyl (C=O) groups is 1. The number of aliphatic carboxylic acids is 1. The van der Waals surface area contributed by atoms with Crippen LogP contribution in [0.5, 0.6) is 0 Å². The molecular formula is C11H14N2O3. The summed E-state index contributed by atoms with van der Waals surface area (Å²) in [6, 6.07) is 7.00. The van der Waals surface area contributed by atoms with Gasteiger partial charge >= 0.3 is 5.97 Å². The molecule has 0 aromatic heterocycles. The highest BCUT2D eigenvalue weighted by atomic mass is 16.5. The van der Waals surface area contributed by atoms with E-state index in [2.05, 4.69) is 4.99 Å². The van der Waals surface area contributed by atoms with Gasteiger partial charge in [0, 0.05) is 12.1 Å². The molecule has 0 saturated heterocycles. The minimum atomic E-state index is -0.877. The molecule has 86 valence electrons. The van der Waals surface area contributed by atoms with Crippen LogP contribution in [0.4, 0.5) is 11.4 Å². The van der Waals surface area contributed by atoms with E-state index in [0.29, 0.717) is 17.3 Å². The summed E-state index contributed by atoms with van der Waals surface area (Å²) in [5.41, 5.74) is 6.86. The topological polar surface area (TPSA) is 84.9 Å². The van der Waals surface area contributed by atoms with E-state index in [1.54, 1.807) is 24.3 Å². The predicted octanol–water partition coefficient (Wildman–Crippen LogP) is 1.81. The van der Waals surface area contributed by atoms with Crippen LogP contribution in [-0.4, -0.2) is 24.1 Å². The second kappa shape index (κ2) is 5.75. The van der Waals surface area contributed by atoms with Gasteiger partial charge in [-0.2, -0.15) is 0 Å². The standard InChI is InChI=1S/C11H14N2O3/c1-16-10(5-6-11(14)15)13-9-4-2-3-8(12)7-9/h2-4,7H,5-6,12H2,1H3,(H,14,15). The SMILES string of the molecule is COC(CCC(=O)O)=Nc1cccc(N)c1. The third-order valence-corrected chi connectivity index (χ3v) is 1.91. The molecule has 3 N–H and O–H groups in total. The summed E-state index contributed by atoms with van der Waals surface area (Å²) in [5.74, 6) is -0.495. The van der Waals surface area contributed by atoms with Crippen molar-refractivity contribution in [1.82, 2.24) is 0 Å². The minimum Gasteiger partial charge on any atom is -0.484 e. The third kappa shape index (κ3) is 4.00. The van der Waals surface area contributed by atoms with Crippen molar-refractivity contribution in [2.45, 2.75) is 12.8 Å². The number of methoxy groups -OCH3 is 1. The molecule has 0 amide bonds. The second-order valence-electron chi connectivity index (χ2n) is 3.20. The predicted molar refractivity (Wildman–Crippen MR) is 61.8 cm³/mol. The summed E-state index contributed by atoms with van der Waals surface area (Å²) in [6.07, 6.45) is 0.260. The summed E-state index contributed by atoms with van der Waals surface area (Å²) in [7, 11) is 1.47. The fourth-order valence-corrected chi connectivity index (χ4v) is 1.16. The monoisotopic (exact) mass is 222 g/mol. The van der Waals surface area contributed by atoms with E-state index in [1.165, 1.54) is 7.11 Å². The Labute approximate surface area is 93.6 Å².